The molecule has 1 unspecified atom stereocenters. The third kappa shape index (κ3) is 5.31. The van der Waals surface area contributed by atoms with Crippen LogP contribution in [-0.4, -0.2) is 24.0 Å². The molecular formula is C13H23N3O2. The van der Waals surface area contributed by atoms with Crippen molar-refractivity contribution in [2.75, 3.05) is 13.1 Å². The fourth-order valence-electron chi connectivity index (χ4n) is 1.47. The van der Waals surface area contributed by atoms with Gasteiger partial charge in [0, 0.05) is 6.54 Å². The van der Waals surface area contributed by atoms with E-state index < -0.39 is 0 Å². The third-order valence-electron chi connectivity index (χ3n) is 2.62. The van der Waals surface area contributed by atoms with E-state index in [4.69, 9.17) is 4.42 Å². The molecule has 2 N–H and O–H groups in total. The highest BCUT2D eigenvalue weighted by atomic mass is 16.4. The molecule has 1 amide bonds. The van der Waals surface area contributed by atoms with Crippen LogP contribution >= 0.6 is 0 Å². The number of carbonyl (C=O) groups excluding carboxylic acids is 1. The Bertz CT molecular complexity index is 374. The van der Waals surface area contributed by atoms with Crippen LogP contribution in [-0.2, 0) is 4.79 Å². The maximum atomic E-state index is 11.5. The molecule has 1 atom stereocenters. The summed E-state index contributed by atoms with van der Waals surface area (Å²) in [5.74, 6) is 2.00. The zero-order valence-electron chi connectivity index (χ0n) is 11.6. The van der Waals surface area contributed by atoms with Crippen LogP contribution in [0.3, 0.4) is 0 Å². The van der Waals surface area contributed by atoms with Crippen LogP contribution in [0.4, 0.5) is 0 Å². The molecular weight excluding hydrogens is 230 g/mol. The summed E-state index contributed by atoms with van der Waals surface area (Å²) in [6.45, 7) is 9.05. The molecule has 0 aliphatic rings. The largest absolute Gasteiger partial charge is 0.444 e. The summed E-state index contributed by atoms with van der Waals surface area (Å²) in [4.78, 5) is 15.7. The summed E-state index contributed by atoms with van der Waals surface area (Å²) in [7, 11) is 0. The fourth-order valence-corrected chi connectivity index (χ4v) is 1.47. The van der Waals surface area contributed by atoms with E-state index in [9.17, 15) is 4.79 Å². The van der Waals surface area contributed by atoms with E-state index in [1.807, 2.05) is 13.8 Å². The second-order valence-electron chi connectivity index (χ2n) is 4.94. The Hall–Kier alpha value is -1.36. The van der Waals surface area contributed by atoms with Crippen LogP contribution in [0.1, 0.15) is 44.9 Å². The number of rotatable bonds is 7. The average Bonchev–Trinajstić information content (AvgIpc) is 2.72. The summed E-state index contributed by atoms with van der Waals surface area (Å²) < 4.78 is 5.38. The van der Waals surface area contributed by atoms with Gasteiger partial charge < -0.3 is 9.73 Å². The van der Waals surface area contributed by atoms with Gasteiger partial charge in [-0.25, -0.2) is 4.98 Å². The second kappa shape index (κ2) is 7.16. The lowest BCUT2D eigenvalue weighted by molar-refractivity contribution is -0.120. The molecule has 1 heterocycles. The van der Waals surface area contributed by atoms with Crippen molar-refractivity contribution in [3.63, 3.8) is 0 Å². The smallest absolute Gasteiger partial charge is 0.233 e. The molecule has 5 heteroatoms. The molecule has 0 aliphatic carbocycles. The summed E-state index contributed by atoms with van der Waals surface area (Å²) in [6.07, 6.45) is 2.68. The number of carbonyl (C=O) groups is 1. The van der Waals surface area contributed by atoms with Crippen molar-refractivity contribution >= 4 is 5.91 Å². The molecule has 0 aromatic carbocycles. The Kier molecular flexibility index (Phi) is 5.85. The summed E-state index contributed by atoms with van der Waals surface area (Å²) in [5.41, 5.74) is 0. The van der Waals surface area contributed by atoms with E-state index in [-0.39, 0.29) is 18.5 Å². The molecule has 5 nitrogen and oxygen atoms in total. The van der Waals surface area contributed by atoms with Crippen molar-refractivity contribution in [2.45, 2.75) is 40.2 Å². The quantitative estimate of drug-likeness (QED) is 0.777. The van der Waals surface area contributed by atoms with Crippen LogP contribution in [0, 0.1) is 12.8 Å². The van der Waals surface area contributed by atoms with Crippen molar-refractivity contribution in [3.8, 4) is 0 Å². The minimum absolute atomic E-state index is 0.00535. The zero-order chi connectivity index (χ0) is 13.5. The number of hydrogen-bond donors (Lipinski definition) is 2. The first-order valence-electron chi connectivity index (χ1n) is 6.41. The van der Waals surface area contributed by atoms with Gasteiger partial charge in [0.05, 0.1) is 18.8 Å². The zero-order valence-corrected chi connectivity index (χ0v) is 11.6. The Morgan fingerprint density at radius 2 is 2.17 bits per heavy atom. The molecule has 1 aromatic rings. The maximum absolute atomic E-state index is 11.5. The first kappa shape index (κ1) is 14.7. The number of nitrogens with one attached hydrogen (secondary N) is 2. The van der Waals surface area contributed by atoms with Crippen LogP contribution in [0.2, 0.25) is 0 Å². The molecule has 1 rings (SSSR count). The molecule has 1 aromatic heterocycles. The second-order valence-corrected chi connectivity index (χ2v) is 4.94. The molecule has 0 fully saturated rings. The number of nitrogens with zero attached hydrogens (tertiary/aromatic N) is 1. The molecule has 18 heavy (non-hydrogen) atoms. The van der Waals surface area contributed by atoms with Gasteiger partial charge in [-0.1, -0.05) is 13.8 Å². The Morgan fingerprint density at radius 3 is 2.72 bits per heavy atom. The lowest BCUT2D eigenvalue weighted by atomic mass is 10.1. The lowest BCUT2D eigenvalue weighted by Gasteiger charge is -2.11. The minimum Gasteiger partial charge on any atom is -0.444 e. The Labute approximate surface area is 108 Å². The van der Waals surface area contributed by atoms with Crippen LogP contribution in [0.25, 0.3) is 0 Å². The molecule has 0 saturated heterocycles. The number of amides is 1. The number of aryl methyl sites for hydroxylation is 1. The molecule has 0 spiro atoms. The van der Waals surface area contributed by atoms with Gasteiger partial charge in [-0.3, -0.25) is 10.1 Å². The van der Waals surface area contributed by atoms with Gasteiger partial charge in [0.2, 0.25) is 11.8 Å². The van der Waals surface area contributed by atoms with Crippen molar-refractivity contribution in [2.24, 2.45) is 5.92 Å². The van der Waals surface area contributed by atoms with Crippen LogP contribution in [0.15, 0.2) is 10.6 Å². The predicted molar refractivity (Wildman–Crippen MR) is 70.1 cm³/mol. The molecule has 102 valence electrons. The van der Waals surface area contributed by atoms with Crippen molar-refractivity contribution in [1.82, 2.24) is 15.6 Å². The van der Waals surface area contributed by atoms with E-state index in [1.54, 1.807) is 6.20 Å². The first-order valence-corrected chi connectivity index (χ1v) is 6.41. The van der Waals surface area contributed by atoms with E-state index >= 15 is 0 Å². The lowest BCUT2D eigenvalue weighted by Crippen LogP contribution is -2.35. The fraction of sp³-hybridized carbons (Fsp3) is 0.692. The van der Waals surface area contributed by atoms with Crippen molar-refractivity contribution in [1.29, 1.82) is 0 Å². The van der Waals surface area contributed by atoms with Gasteiger partial charge in [0.1, 0.15) is 5.76 Å². The van der Waals surface area contributed by atoms with Crippen LogP contribution in [0.5, 0.6) is 0 Å². The van der Waals surface area contributed by atoms with Crippen molar-refractivity contribution in [3.05, 3.63) is 17.8 Å². The minimum atomic E-state index is -0.0606. The van der Waals surface area contributed by atoms with E-state index in [2.05, 4.69) is 29.5 Å². The van der Waals surface area contributed by atoms with Gasteiger partial charge in [0.25, 0.3) is 0 Å². The van der Waals surface area contributed by atoms with Gasteiger partial charge in [-0.15, -0.1) is 0 Å². The monoisotopic (exact) mass is 253 g/mol. The standard InChI is InChI=1S/C13H23N3O2/c1-9(2)5-6-14-12(17)8-15-11(4)13-16-7-10(3)18-13/h7,9,11,15H,5-6,8H2,1-4H3,(H,14,17). The number of hydrogen-bond acceptors (Lipinski definition) is 4. The van der Waals surface area contributed by atoms with Gasteiger partial charge in [-0.05, 0) is 26.2 Å². The third-order valence-corrected chi connectivity index (χ3v) is 2.62. The molecule has 0 radical (unpaired) electrons. The highest BCUT2D eigenvalue weighted by molar-refractivity contribution is 5.77. The van der Waals surface area contributed by atoms with Gasteiger partial charge in [0.15, 0.2) is 0 Å². The highest BCUT2D eigenvalue weighted by Crippen LogP contribution is 2.11. The molecule has 0 aliphatic heterocycles. The van der Waals surface area contributed by atoms with Crippen molar-refractivity contribution < 1.29 is 9.21 Å². The topological polar surface area (TPSA) is 67.2 Å². The summed E-state index contributed by atoms with van der Waals surface area (Å²) >= 11 is 0. The van der Waals surface area contributed by atoms with E-state index in [1.165, 1.54) is 0 Å². The highest BCUT2D eigenvalue weighted by Gasteiger charge is 2.12. The maximum Gasteiger partial charge on any atom is 0.233 e. The average molecular weight is 253 g/mol. The number of oxazole rings is 1. The Balaban J connectivity index is 2.22. The summed E-state index contributed by atoms with van der Waals surface area (Å²) in [5, 5.41) is 5.96. The number of aromatic nitrogens is 1. The molecule has 0 saturated carbocycles. The first-order chi connectivity index (χ1) is 8.49. The summed E-state index contributed by atoms with van der Waals surface area (Å²) in [6, 6.07) is -0.0606. The SMILES string of the molecule is Cc1cnc(C(C)NCC(=O)NCCC(C)C)o1. The van der Waals surface area contributed by atoms with E-state index in [0.29, 0.717) is 11.8 Å². The molecule has 0 bridgehead atoms. The van der Waals surface area contributed by atoms with Gasteiger partial charge in [-0.2, -0.15) is 0 Å². The van der Waals surface area contributed by atoms with Crippen LogP contribution < -0.4 is 10.6 Å². The van der Waals surface area contributed by atoms with Gasteiger partial charge >= 0.3 is 0 Å². The normalized spacial score (nSPS) is 12.7. The predicted octanol–water partition coefficient (Wildman–Crippen LogP) is 1.80. The Morgan fingerprint density at radius 1 is 1.44 bits per heavy atom. The van der Waals surface area contributed by atoms with E-state index in [0.717, 1.165) is 18.7 Å².